The van der Waals surface area contributed by atoms with Crippen LogP contribution in [0.15, 0.2) is 42.6 Å². The molecule has 1 aliphatic rings. The Labute approximate surface area is 117 Å². The van der Waals surface area contributed by atoms with Gasteiger partial charge >= 0.3 is 0 Å². The minimum Gasteiger partial charge on any atom is -0.375 e. The van der Waals surface area contributed by atoms with E-state index in [0.29, 0.717) is 5.41 Å². The zero-order valence-electron chi connectivity index (χ0n) is 12.1. The molecule has 0 spiro atoms. The van der Waals surface area contributed by atoms with Crippen LogP contribution in [0.4, 0.5) is 0 Å². The summed E-state index contributed by atoms with van der Waals surface area (Å²) >= 11 is 0. The summed E-state index contributed by atoms with van der Waals surface area (Å²) in [6.45, 7) is 9.17. The summed E-state index contributed by atoms with van der Waals surface area (Å²) in [7, 11) is 0. The van der Waals surface area contributed by atoms with Crippen molar-refractivity contribution in [3.63, 3.8) is 0 Å². The van der Waals surface area contributed by atoms with Crippen molar-refractivity contribution in [1.82, 2.24) is 4.90 Å². The normalized spacial score (nSPS) is 18.3. The molecule has 2 heteroatoms. The first-order valence-corrected chi connectivity index (χ1v) is 7.30. The fourth-order valence-electron chi connectivity index (χ4n) is 2.97. The Kier molecular flexibility index (Phi) is 4.65. The SMILES string of the molecule is C=C(C)N1CCC(CN)(CCc2ccccc2)CC1. The number of aryl methyl sites for hydroxylation is 1. The highest BCUT2D eigenvalue weighted by atomic mass is 15.1. The van der Waals surface area contributed by atoms with Gasteiger partial charge in [0.15, 0.2) is 0 Å². The average Bonchev–Trinajstić information content (AvgIpc) is 2.46. The molecule has 19 heavy (non-hydrogen) atoms. The van der Waals surface area contributed by atoms with E-state index < -0.39 is 0 Å². The lowest BCUT2D eigenvalue weighted by molar-refractivity contribution is 0.125. The molecule has 0 aromatic heterocycles. The van der Waals surface area contributed by atoms with Gasteiger partial charge in [0.1, 0.15) is 0 Å². The van der Waals surface area contributed by atoms with Crippen molar-refractivity contribution in [2.45, 2.75) is 32.6 Å². The number of hydrogen-bond donors (Lipinski definition) is 1. The van der Waals surface area contributed by atoms with E-state index in [1.165, 1.54) is 30.5 Å². The van der Waals surface area contributed by atoms with Crippen LogP contribution in [0.1, 0.15) is 31.7 Å². The van der Waals surface area contributed by atoms with E-state index in [9.17, 15) is 0 Å². The Balaban J connectivity index is 1.91. The van der Waals surface area contributed by atoms with Gasteiger partial charge < -0.3 is 10.6 Å². The van der Waals surface area contributed by atoms with Crippen LogP contribution in [0.25, 0.3) is 0 Å². The molecule has 0 radical (unpaired) electrons. The molecule has 0 unspecified atom stereocenters. The second kappa shape index (κ2) is 6.25. The summed E-state index contributed by atoms with van der Waals surface area (Å²) in [6, 6.07) is 10.7. The van der Waals surface area contributed by atoms with Gasteiger partial charge in [-0.3, -0.25) is 0 Å². The maximum Gasteiger partial charge on any atom is 0.0180 e. The van der Waals surface area contributed by atoms with Crippen LogP contribution < -0.4 is 5.73 Å². The van der Waals surface area contributed by atoms with Crippen LogP contribution in [-0.2, 0) is 6.42 Å². The molecule has 0 atom stereocenters. The first-order valence-electron chi connectivity index (χ1n) is 7.30. The highest BCUT2D eigenvalue weighted by molar-refractivity contribution is 5.15. The molecule has 2 rings (SSSR count). The van der Waals surface area contributed by atoms with Crippen molar-refractivity contribution < 1.29 is 0 Å². The van der Waals surface area contributed by atoms with Crippen LogP contribution in [0, 0.1) is 5.41 Å². The number of rotatable bonds is 5. The van der Waals surface area contributed by atoms with Crippen LogP contribution in [0.5, 0.6) is 0 Å². The molecule has 0 amide bonds. The monoisotopic (exact) mass is 258 g/mol. The Bertz CT molecular complexity index is 403. The summed E-state index contributed by atoms with van der Waals surface area (Å²) in [5.41, 5.74) is 9.04. The van der Waals surface area contributed by atoms with Gasteiger partial charge in [-0.1, -0.05) is 36.9 Å². The zero-order valence-corrected chi connectivity index (χ0v) is 12.1. The molecule has 1 fully saturated rings. The van der Waals surface area contributed by atoms with Crippen molar-refractivity contribution in [2.75, 3.05) is 19.6 Å². The van der Waals surface area contributed by atoms with Gasteiger partial charge in [-0.25, -0.2) is 0 Å². The number of allylic oxidation sites excluding steroid dienone is 1. The average molecular weight is 258 g/mol. The van der Waals surface area contributed by atoms with E-state index in [0.717, 1.165) is 26.1 Å². The van der Waals surface area contributed by atoms with Gasteiger partial charge in [0, 0.05) is 18.8 Å². The minimum atomic E-state index is 0.335. The summed E-state index contributed by atoms with van der Waals surface area (Å²) in [5, 5.41) is 0. The lowest BCUT2D eigenvalue weighted by Gasteiger charge is -2.42. The summed E-state index contributed by atoms with van der Waals surface area (Å²) < 4.78 is 0. The molecule has 1 heterocycles. The Hall–Kier alpha value is -1.28. The highest BCUT2D eigenvalue weighted by Gasteiger charge is 2.32. The molecule has 1 aromatic rings. The smallest absolute Gasteiger partial charge is 0.0180 e. The summed E-state index contributed by atoms with van der Waals surface area (Å²) in [5.74, 6) is 0. The minimum absolute atomic E-state index is 0.335. The molecule has 2 nitrogen and oxygen atoms in total. The van der Waals surface area contributed by atoms with E-state index in [4.69, 9.17) is 5.73 Å². The quantitative estimate of drug-likeness (QED) is 0.879. The van der Waals surface area contributed by atoms with Gasteiger partial charge in [0.05, 0.1) is 0 Å². The number of piperidine rings is 1. The predicted molar refractivity (Wildman–Crippen MR) is 81.9 cm³/mol. The van der Waals surface area contributed by atoms with Crippen LogP contribution >= 0.6 is 0 Å². The molecular weight excluding hydrogens is 232 g/mol. The Morgan fingerprint density at radius 2 is 1.89 bits per heavy atom. The third-order valence-corrected chi connectivity index (χ3v) is 4.58. The van der Waals surface area contributed by atoms with Gasteiger partial charge in [0.2, 0.25) is 0 Å². The number of likely N-dealkylation sites (tertiary alicyclic amines) is 1. The van der Waals surface area contributed by atoms with Gasteiger partial charge in [-0.05, 0) is 50.1 Å². The molecule has 1 saturated heterocycles. The Morgan fingerprint density at radius 3 is 2.42 bits per heavy atom. The number of nitrogens with zero attached hydrogens (tertiary/aromatic N) is 1. The summed E-state index contributed by atoms with van der Waals surface area (Å²) in [4.78, 5) is 2.39. The largest absolute Gasteiger partial charge is 0.375 e. The van der Waals surface area contributed by atoms with Crippen molar-refractivity contribution in [1.29, 1.82) is 0 Å². The standard InChI is InChI=1S/C17H26N2/c1-15(2)19-12-10-17(14-18,11-13-19)9-8-16-6-4-3-5-7-16/h3-7H,1,8-14,18H2,2H3. The van der Waals surface area contributed by atoms with Gasteiger partial charge in [-0.2, -0.15) is 0 Å². The van der Waals surface area contributed by atoms with E-state index in [1.807, 2.05) is 0 Å². The van der Waals surface area contributed by atoms with Crippen molar-refractivity contribution in [2.24, 2.45) is 11.1 Å². The van der Waals surface area contributed by atoms with Crippen molar-refractivity contribution >= 4 is 0 Å². The van der Waals surface area contributed by atoms with E-state index >= 15 is 0 Å². The maximum atomic E-state index is 6.08. The molecule has 0 saturated carbocycles. The fourth-order valence-corrected chi connectivity index (χ4v) is 2.97. The lowest BCUT2D eigenvalue weighted by atomic mass is 9.74. The van der Waals surface area contributed by atoms with Crippen LogP contribution in [-0.4, -0.2) is 24.5 Å². The summed E-state index contributed by atoms with van der Waals surface area (Å²) in [6.07, 6.45) is 4.75. The molecule has 104 valence electrons. The van der Waals surface area contributed by atoms with E-state index in [1.54, 1.807) is 0 Å². The van der Waals surface area contributed by atoms with Crippen LogP contribution in [0.3, 0.4) is 0 Å². The number of nitrogens with two attached hydrogens (primary N) is 1. The van der Waals surface area contributed by atoms with Crippen molar-refractivity contribution in [3.05, 3.63) is 48.2 Å². The molecule has 2 N–H and O–H groups in total. The number of hydrogen-bond acceptors (Lipinski definition) is 2. The fraction of sp³-hybridized carbons (Fsp3) is 0.529. The topological polar surface area (TPSA) is 29.3 Å². The lowest BCUT2D eigenvalue weighted by Crippen LogP contribution is -2.43. The maximum absolute atomic E-state index is 6.08. The first kappa shape index (κ1) is 14.1. The first-order chi connectivity index (χ1) is 9.15. The molecule has 1 aliphatic heterocycles. The number of benzene rings is 1. The highest BCUT2D eigenvalue weighted by Crippen LogP contribution is 2.35. The van der Waals surface area contributed by atoms with Gasteiger partial charge in [0.25, 0.3) is 0 Å². The second-order valence-corrected chi connectivity index (χ2v) is 5.91. The van der Waals surface area contributed by atoms with Crippen LogP contribution in [0.2, 0.25) is 0 Å². The second-order valence-electron chi connectivity index (χ2n) is 5.91. The van der Waals surface area contributed by atoms with Gasteiger partial charge in [-0.15, -0.1) is 0 Å². The zero-order chi connectivity index (χ0) is 13.7. The third-order valence-electron chi connectivity index (χ3n) is 4.58. The Morgan fingerprint density at radius 1 is 1.26 bits per heavy atom. The predicted octanol–water partition coefficient (Wildman–Crippen LogP) is 3.19. The van der Waals surface area contributed by atoms with E-state index in [2.05, 4.69) is 48.7 Å². The molecule has 0 bridgehead atoms. The molecule has 1 aromatic carbocycles. The van der Waals surface area contributed by atoms with E-state index in [-0.39, 0.29) is 0 Å². The molecular formula is C17H26N2. The third kappa shape index (κ3) is 3.60. The van der Waals surface area contributed by atoms with Crippen molar-refractivity contribution in [3.8, 4) is 0 Å². The molecule has 0 aliphatic carbocycles.